The lowest BCUT2D eigenvalue weighted by molar-refractivity contribution is -0.137. The van der Waals surface area contributed by atoms with Crippen molar-refractivity contribution in [1.82, 2.24) is 0 Å². The fourth-order valence-electron chi connectivity index (χ4n) is 1.96. The molecular weight excluding hydrogens is 320 g/mol. The first-order valence-electron chi connectivity index (χ1n) is 6.84. The number of hydrogen-bond donors (Lipinski definition) is 4. The smallest absolute Gasteiger partial charge is 0.397 e. The Balaban J connectivity index is 2.92. The van der Waals surface area contributed by atoms with Crippen molar-refractivity contribution in [1.29, 1.82) is 0 Å². The molecular formula is C13H20F3N2O3P. The number of alkyl halides is 3. The summed E-state index contributed by atoms with van der Waals surface area (Å²) in [5, 5.41) is 2.57. The second-order valence-electron chi connectivity index (χ2n) is 5.04. The summed E-state index contributed by atoms with van der Waals surface area (Å²) in [6.45, 7) is 1.95. The summed E-state index contributed by atoms with van der Waals surface area (Å²) >= 11 is 0. The highest BCUT2D eigenvalue weighted by molar-refractivity contribution is 7.52. The van der Waals surface area contributed by atoms with Crippen LogP contribution in [0.15, 0.2) is 18.2 Å². The molecule has 126 valence electrons. The lowest BCUT2D eigenvalue weighted by atomic mass is 10.1. The first kappa shape index (κ1) is 18.8. The quantitative estimate of drug-likeness (QED) is 0.344. The SMILES string of the molecule is CCCCCC(Nc1ccc(C(F)(F)F)cc1N)P(=O)(O)O. The first-order valence-corrected chi connectivity index (χ1v) is 8.52. The van der Waals surface area contributed by atoms with Crippen molar-refractivity contribution in [3.8, 4) is 0 Å². The van der Waals surface area contributed by atoms with Gasteiger partial charge in [-0.3, -0.25) is 4.57 Å². The van der Waals surface area contributed by atoms with Gasteiger partial charge in [-0.2, -0.15) is 13.2 Å². The van der Waals surface area contributed by atoms with Gasteiger partial charge < -0.3 is 20.8 Å². The normalized spacial score (nSPS) is 13.9. The van der Waals surface area contributed by atoms with Crippen molar-refractivity contribution in [3.63, 3.8) is 0 Å². The van der Waals surface area contributed by atoms with Crippen LogP contribution in [0, 0.1) is 0 Å². The molecule has 1 atom stereocenters. The van der Waals surface area contributed by atoms with E-state index in [2.05, 4.69) is 5.32 Å². The zero-order valence-electron chi connectivity index (χ0n) is 12.1. The molecule has 0 radical (unpaired) electrons. The summed E-state index contributed by atoms with van der Waals surface area (Å²) in [4.78, 5) is 18.7. The Kier molecular flexibility index (Phi) is 6.28. The van der Waals surface area contributed by atoms with E-state index in [1.54, 1.807) is 0 Å². The van der Waals surface area contributed by atoms with Crippen molar-refractivity contribution in [2.75, 3.05) is 11.1 Å². The van der Waals surface area contributed by atoms with Crippen LogP contribution in [0.4, 0.5) is 24.5 Å². The number of unbranched alkanes of at least 4 members (excludes halogenated alkanes) is 2. The van der Waals surface area contributed by atoms with Crippen LogP contribution in [0.5, 0.6) is 0 Å². The van der Waals surface area contributed by atoms with E-state index in [0.29, 0.717) is 6.42 Å². The second-order valence-corrected chi connectivity index (χ2v) is 6.85. The molecule has 0 saturated carbocycles. The van der Waals surface area contributed by atoms with Gasteiger partial charge in [0.25, 0.3) is 0 Å². The Morgan fingerprint density at radius 1 is 1.32 bits per heavy atom. The molecule has 0 aromatic heterocycles. The molecule has 0 amide bonds. The summed E-state index contributed by atoms with van der Waals surface area (Å²) in [5.41, 5.74) is 4.52. The molecule has 0 aliphatic carbocycles. The van der Waals surface area contributed by atoms with E-state index in [-0.39, 0.29) is 17.8 Å². The number of nitrogens with one attached hydrogen (secondary N) is 1. The average molecular weight is 340 g/mol. The summed E-state index contributed by atoms with van der Waals surface area (Å²) in [5.74, 6) is -1.17. The highest BCUT2D eigenvalue weighted by atomic mass is 31.2. The minimum Gasteiger partial charge on any atom is -0.397 e. The van der Waals surface area contributed by atoms with E-state index in [4.69, 9.17) is 5.73 Å². The molecule has 5 N–H and O–H groups in total. The van der Waals surface area contributed by atoms with Crippen molar-refractivity contribution in [2.24, 2.45) is 0 Å². The Labute approximate surface area is 126 Å². The summed E-state index contributed by atoms with van der Waals surface area (Å²) < 4.78 is 49.1. The highest BCUT2D eigenvalue weighted by Gasteiger charge is 2.32. The van der Waals surface area contributed by atoms with Gasteiger partial charge in [0.15, 0.2) is 0 Å². The van der Waals surface area contributed by atoms with Crippen LogP contribution in [0.1, 0.15) is 38.2 Å². The molecule has 1 aromatic rings. The van der Waals surface area contributed by atoms with E-state index in [0.717, 1.165) is 31.0 Å². The van der Waals surface area contributed by atoms with Crippen LogP contribution in [0.25, 0.3) is 0 Å². The van der Waals surface area contributed by atoms with E-state index < -0.39 is 25.1 Å². The number of nitrogens with two attached hydrogens (primary N) is 1. The monoisotopic (exact) mass is 340 g/mol. The van der Waals surface area contributed by atoms with E-state index in [1.807, 2.05) is 6.92 Å². The predicted octanol–water partition coefficient (Wildman–Crippen LogP) is 3.78. The minimum atomic E-state index is -4.52. The van der Waals surface area contributed by atoms with Gasteiger partial charge in [0.2, 0.25) is 0 Å². The lowest BCUT2D eigenvalue weighted by Crippen LogP contribution is -2.20. The Bertz CT molecular complexity index is 546. The Hall–Kier alpha value is -1.24. The average Bonchev–Trinajstić information content (AvgIpc) is 2.37. The molecule has 1 rings (SSSR count). The summed E-state index contributed by atoms with van der Waals surface area (Å²) in [6, 6.07) is 2.65. The van der Waals surface area contributed by atoms with Crippen LogP contribution < -0.4 is 11.1 Å². The molecule has 22 heavy (non-hydrogen) atoms. The largest absolute Gasteiger partial charge is 0.416 e. The predicted molar refractivity (Wildman–Crippen MR) is 79.5 cm³/mol. The minimum absolute atomic E-state index is 0.0813. The van der Waals surface area contributed by atoms with Gasteiger partial charge in [0, 0.05) is 0 Å². The molecule has 0 aliphatic rings. The molecule has 0 bridgehead atoms. The zero-order chi connectivity index (χ0) is 17.0. The number of rotatable bonds is 7. The van der Waals surface area contributed by atoms with Gasteiger partial charge in [-0.05, 0) is 24.6 Å². The lowest BCUT2D eigenvalue weighted by Gasteiger charge is -2.22. The molecule has 0 heterocycles. The maximum Gasteiger partial charge on any atom is 0.416 e. The van der Waals surface area contributed by atoms with Gasteiger partial charge in [-0.15, -0.1) is 0 Å². The number of benzene rings is 1. The fraction of sp³-hybridized carbons (Fsp3) is 0.538. The third-order valence-electron chi connectivity index (χ3n) is 3.19. The van der Waals surface area contributed by atoms with E-state index in [9.17, 15) is 27.5 Å². The maximum absolute atomic E-state index is 12.6. The summed E-state index contributed by atoms with van der Waals surface area (Å²) in [7, 11) is -4.43. The van der Waals surface area contributed by atoms with Crippen LogP contribution in [0.3, 0.4) is 0 Å². The maximum atomic E-state index is 12.6. The Morgan fingerprint density at radius 3 is 2.41 bits per heavy atom. The van der Waals surface area contributed by atoms with Crippen LogP contribution in [-0.4, -0.2) is 15.6 Å². The standard InChI is InChI=1S/C13H20F3N2O3P/c1-2-3-4-5-12(22(19,20)21)18-11-7-6-9(8-10(11)17)13(14,15)16/h6-8,12,18H,2-5,17H2,1H3,(H2,19,20,21). The number of halogens is 3. The summed E-state index contributed by atoms with van der Waals surface area (Å²) in [6.07, 6.45) is -2.02. The second kappa shape index (κ2) is 7.35. The third-order valence-corrected chi connectivity index (χ3v) is 4.39. The number of anilines is 2. The van der Waals surface area contributed by atoms with Crippen molar-refractivity contribution in [3.05, 3.63) is 23.8 Å². The zero-order valence-corrected chi connectivity index (χ0v) is 13.0. The van der Waals surface area contributed by atoms with Gasteiger partial charge in [-0.25, -0.2) is 0 Å². The van der Waals surface area contributed by atoms with Gasteiger partial charge in [0.1, 0.15) is 5.78 Å². The molecule has 0 aliphatic heterocycles. The molecule has 0 spiro atoms. The van der Waals surface area contributed by atoms with Gasteiger partial charge in [-0.1, -0.05) is 26.2 Å². The van der Waals surface area contributed by atoms with E-state index in [1.165, 1.54) is 0 Å². The Morgan fingerprint density at radius 2 is 1.95 bits per heavy atom. The van der Waals surface area contributed by atoms with Crippen molar-refractivity contribution in [2.45, 2.75) is 44.6 Å². The van der Waals surface area contributed by atoms with Crippen LogP contribution >= 0.6 is 7.60 Å². The fourth-order valence-corrected chi connectivity index (χ4v) is 2.79. The van der Waals surface area contributed by atoms with E-state index >= 15 is 0 Å². The van der Waals surface area contributed by atoms with Crippen LogP contribution in [-0.2, 0) is 10.7 Å². The third kappa shape index (κ3) is 5.51. The molecule has 9 heteroatoms. The molecule has 1 unspecified atom stereocenters. The molecule has 1 aromatic carbocycles. The topological polar surface area (TPSA) is 95.6 Å². The van der Waals surface area contributed by atoms with Crippen molar-refractivity contribution >= 4 is 19.0 Å². The molecule has 0 fully saturated rings. The van der Waals surface area contributed by atoms with Gasteiger partial charge in [0.05, 0.1) is 16.9 Å². The number of hydrogen-bond acceptors (Lipinski definition) is 3. The van der Waals surface area contributed by atoms with Crippen LogP contribution in [0.2, 0.25) is 0 Å². The first-order chi connectivity index (χ1) is 10.1. The van der Waals surface area contributed by atoms with Gasteiger partial charge >= 0.3 is 13.8 Å². The van der Waals surface area contributed by atoms with Crippen molar-refractivity contribution < 1.29 is 27.5 Å². The molecule has 5 nitrogen and oxygen atoms in total. The molecule has 0 saturated heterocycles. The highest BCUT2D eigenvalue weighted by Crippen LogP contribution is 2.44. The number of nitrogen functional groups attached to an aromatic ring is 1.